The first-order valence-corrected chi connectivity index (χ1v) is 19.0. The van der Waals surface area contributed by atoms with Gasteiger partial charge in [0.15, 0.2) is 11.5 Å². The summed E-state index contributed by atoms with van der Waals surface area (Å²) in [5.41, 5.74) is 5.57. The Labute approximate surface area is 329 Å². The summed E-state index contributed by atoms with van der Waals surface area (Å²) in [7, 11) is 6.30. The molecule has 1 heterocycles. The molecule has 0 aliphatic carbocycles. The number of carbonyl (C=O) groups is 1. The number of aliphatic hydroxyl groups is 3. The number of rotatable bonds is 22. The van der Waals surface area contributed by atoms with Crippen molar-refractivity contribution >= 4 is 23.7 Å². The molecule has 0 aromatic heterocycles. The van der Waals surface area contributed by atoms with Gasteiger partial charge in [-0.05, 0) is 89.7 Å². The average Bonchev–Trinajstić information content (AvgIpc) is 3.23. The van der Waals surface area contributed by atoms with Crippen LogP contribution in [0.2, 0.25) is 0 Å². The van der Waals surface area contributed by atoms with E-state index in [0.29, 0.717) is 70.0 Å². The number of hydrogen-bond donors (Lipinski definition) is 5. The van der Waals surface area contributed by atoms with Crippen LogP contribution in [0, 0.1) is 0 Å². The molecule has 12 heteroatoms. The first kappa shape index (κ1) is 41.7. The second-order valence-electron chi connectivity index (χ2n) is 13.4. The zero-order valence-corrected chi connectivity index (χ0v) is 32.7. The Morgan fingerprint density at radius 1 is 0.589 bits per heavy atom. The molecule has 1 aliphatic heterocycles. The molecule has 0 saturated carbocycles. The van der Waals surface area contributed by atoms with Crippen LogP contribution >= 0.6 is 0 Å². The van der Waals surface area contributed by atoms with Crippen molar-refractivity contribution in [1.29, 1.82) is 0 Å². The molecule has 56 heavy (non-hydrogen) atoms. The van der Waals surface area contributed by atoms with Crippen molar-refractivity contribution in [3.05, 3.63) is 99.6 Å². The monoisotopic (exact) mass is 770 g/mol. The topological polar surface area (TPSA) is 157 Å². The zero-order chi connectivity index (χ0) is 39.9. The standard InChI is InChI=1S/C44H54N2O10/c1-51-34-15-16-37-35(25-34)44(50)46-43(45-37)31-14-17-38(33(24-31)27-48)55-18-10-8-6-5-7-9-11-19-56-42-40(53-3)22-30(23-41(42)54-4)13-12-29-20-32(26-47)36(28-49)39(21-29)52-2/h12-17,20-25,43,45,47-49H,5-11,18-19,26-28H2,1-4H3,(H,46,50)/b13-12-. The lowest BCUT2D eigenvalue weighted by atomic mass is 10.0. The third-order valence-electron chi connectivity index (χ3n) is 9.75. The predicted molar refractivity (Wildman–Crippen MR) is 216 cm³/mol. The highest BCUT2D eigenvalue weighted by Gasteiger charge is 2.26. The fourth-order valence-corrected chi connectivity index (χ4v) is 6.68. The minimum atomic E-state index is -0.432. The number of aliphatic hydroxyl groups excluding tert-OH is 3. The molecule has 1 aliphatic rings. The molecule has 12 nitrogen and oxygen atoms in total. The Kier molecular flexibility index (Phi) is 15.7. The maximum Gasteiger partial charge on any atom is 0.255 e. The van der Waals surface area contributed by atoms with Crippen molar-refractivity contribution in [3.8, 4) is 34.5 Å². The smallest absolute Gasteiger partial charge is 0.255 e. The zero-order valence-electron chi connectivity index (χ0n) is 32.7. The number of fused-ring (bicyclic) bond motifs is 1. The molecule has 0 radical (unpaired) electrons. The van der Waals surface area contributed by atoms with E-state index in [2.05, 4.69) is 10.6 Å². The van der Waals surface area contributed by atoms with Crippen LogP contribution in [0.25, 0.3) is 12.2 Å². The number of unbranched alkanes of at least 4 members (excludes halogenated alkanes) is 6. The maximum absolute atomic E-state index is 12.8. The number of benzene rings is 4. The van der Waals surface area contributed by atoms with Gasteiger partial charge >= 0.3 is 0 Å². The number of nitrogens with one attached hydrogen (secondary N) is 2. The normalized spacial score (nSPS) is 13.5. The molecule has 5 rings (SSSR count). The molecule has 1 amide bonds. The molecular formula is C44H54N2O10. The van der Waals surface area contributed by atoms with E-state index in [9.17, 15) is 20.1 Å². The molecule has 4 aromatic carbocycles. The quantitative estimate of drug-likeness (QED) is 0.0401. The van der Waals surface area contributed by atoms with Crippen molar-refractivity contribution in [3.63, 3.8) is 0 Å². The summed E-state index contributed by atoms with van der Waals surface area (Å²) in [6.45, 7) is 0.493. The highest BCUT2D eigenvalue weighted by molar-refractivity contribution is 6.02. The number of carbonyl (C=O) groups excluding carboxylic acids is 1. The van der Waals surface area contributed by atoms with Crippen molar-refractivity contribution in [1.82, 2.24) is 5.32 Å². The van der Waals surface area contributed by atoms with Gasteiger partial charge in [0, 0.05) is 16.8 Å². The Morgan fingerprint density at radius 2 is 1.20 bits per heavy atom. The first-order chi connectivity index (χ1) is 27.3. The van der Waals surface area contributed by atoms with Gasteiger partial charge in [-0.2, -0.15) is 0 Å². The summed E-state index contributed by atoms with van der Waals surface area (Å²) in [5, 5.41) is 35.8. The lowest BCUT2D eigenvalue weighted by molar-refractivity contribution is 0.0935. The number of hydrogen-bond acceptors (Lipinski definition) is 11. The molecule has 0 fully saturated rings. The summed E-state index contributed by atoms with van der Waals surface area (Å²) >= 11 is 0. The second-order valence-corrected chi connectivity index (χ2v) is 13.4. The second kappa shape index (κ2) is 21.0. The molecule has 0 saturated heterocycles. The van der Waals surface area contributed by atoms with Gasteiger partial charge < -0.3 is 54.4 Å². The molecule has 5 N–H and O–H groups in total. The number of anilines is 1. The lowest BCUT2D eigenvalue weighted by Crippen LogP contribution is -2.38. The van der Waals surface area contributed by atoms with Crippen LogP contribution in [0.4, 0.5) is 5.69 Å². The Bertz CT molecular complexity index is 1900. The van der Waals surface area contributed by atoms with E-state index in [-0.39, 0.29) is 25.7 Å². The van der Waals surface area contributed by atoms with E-state index in [1.165, 1.54) is 7.11 Å². The molecule has 0 bridgehead atoms. The highest BCUT2D eigenvalue weighted by atomic mass is 16.5. The minimum Gasteiger partial charge on any atom is -0.497 e. The number of amides is 1. The van der Waals surface area contributed by atoms with Gasteiger partial charge in [-0.3, -0.25) is 4.79 Å². The van der Waals surface area contributed by atoms with E-state index in [4.69, 9.17) is 28.4 Å². The fourth-order valence-electron chi connectivity index (χ4n) is 6.68. The Morgan fingerprint density at radius 3 is 1.80 bits per heavy atom. The number of methoxy groups -OCH3 is 4. The van der Waals surface area contributed by atoms with Crippen LogP contribution in [0.1, 0.15) is 94.9 Å². The van der Waals surface area contributed by atoms with Crippen LogP contribution in [0.15, 0.2) is 60.7 Å². The van der Waals surface area contributed by atoms with Gasteiger partial charge in [0.25, 0.3) is 5.91 Å². The lowest BCUT2D eigenvalue weighted by Gasteiger charge is -2.29. The van der Waals surface area contributed by atoms with E-state index < -0.39 is 6.17 Å². The van der Waals surface area contributed by atoms with E-state index >= 15 is 0 Å². The molecule has 1 atom stereocenters. The molecular weight excluding hydrogens is 716 g/mol. The van der Waals surface area contributed by atoms with Gasteiger partial charge in [-0.15, -0.1) is 0 Å². The van der Waals surface area contributed by atoms with Crippen LogP contribution in [-0.4, -0.2) is 62.9 Å². The third-order valence-corrected chi connectivity index (χ3v) is 9.75. The minimum absolute atomic E-state index is 0.171. The SMILES string of the molecule is COc1ccc2c(c1)C(=O)NC(c1ccc(OCCCCCCCCCOc3c(OC)cc(/C=C\c4cc(CO)c(CO)c(OC)c4)cc3OC)c(CO)c1)N2. The van der Waals surface area contributed by atoms with E-state index in [0.717, 1.165) is 67.3 Å². The van der Waals surface area contributed by atoms with Crippen molar-refractivity contribution in [2.75, 3.05) is 47.0 Å². The summed E-state index contributed by atoms with van der Waals surface area (Å²) in [5.74, 6) is 3.28. The summed E-state index contributed by atoms with van der Waals surface area (Å²) in [4.78, 5) is 12.8. The Hall–Kier alpha value is -5.43. The van der Waals surface area contributed by atoms with Gasteiger partial charge in [0.05, 0.1) is 67.0 Å². The molecule has 0 spiro atoms. The van der Waals surface area contributed by atoms with Crippen molar-refractivity contribution in [2.24, 2.45) is 0 Å². The largest absolute Gasteiger partial charge is 0.497 e. The Balaban J connectivity index is 1.01. The molecule has 1 unspecified atom stereocenters. The maximum atomic E-state index is 12.8. The van der Waals surface area contributed by atoms with Crippen LogP contribution < -0.4 is 39.1 Å². The number of ether oxygens (including phenoxy) is 6. The summed E-state index contributed by atoms with van der Waals surface area (Å²) in [6.07, 6.45) is 10.6. The van der Waals surface area contributed by atoms with E-state index in [1.807, 2.05) is 66.7 Å². The van der Waals surface area contributed by atoms with Crippen molar-refractivity contribution in [2.45, 2.75) is 70.9 Å². The third kappa shape index (κ3) is 10.7. The first-order valence-electron chi connectivity index (χ1n) is 19.0. The molecule has 4 aromatic rings. The summed E-state index contributed by atoms with van der Waals surface area (Å²) < 4.78 is 34.1. The van der Waals surface area contributed by atoms with E-state index in [1.54, 1.807) is 27.4 Å². The fraction of sp³-hybridized carbons (Fsp3) is 0.386. The van der Waals surface area contributed by atoms with Crippen LogP contribution in [0.5, 0.6) is 34.5 Å². The van der Waals surface area contributed by atoms with Crippen LogP contribution in [0.3, 0.4) is 0 Å². The van der Waals surface area contributed by atoms with Crippen LogP contribution in [-0.2, 0) is 19.8 Å². The van der Waals surface area contributed by atoms with Crippen molar-refractivity contribution < 1.29 is 48.5 Å². The molecule has 300 valence electrons. The van der Waals surface area contributed by atoms with Gasteiger partial charge in [-0.1, -0.05) is 50.3 Å². The van der Waals surface area contributed by atoms with Gasteiger partial charge in [0.1, 0.15) is 23.4 Å². The summed E-state index contributed by atoms with van der Waals surface area (Å²) in [6, 6.07) is 18.4. The predicted octanol–water partition coefficient (Wildman–Crippen LogP) is 7.41. The average molecular weight is 771 g/mol. The highest BCUT2D eigenvalue weighted by Crippen LogP contribution is 2.39. The van der Waals surface area contributed by atoms with Gasteiger partial charge in [-0.25, -0.2) is 0 Å². The van der Waals surface area contributed by atoms with Gasteiger partial charge in [0.2, 0.25) is 5.75 Å².